The summed E-state index contributed by atoms with van der Waals surface area (Å²) in [7, 11) is 1.75. The maximum absolute atomic E-state index is 5.42. The van der Waals surface area contributed by atoms with Gasteiger partial charge in [0.25, 0.3) is 0 Å². The van der Waals surface area contributed by atoms with Gasteiger partial charge in [0.2, 0.25) is 6.79 Å². The zero-order valence-electron chi connectivity index (χ0n) is 16.0. The standard InChI is InChI=1S/C20H22N6O2.HI/c1-21-20(22-10-9-15-7-8-17-18(11-15)28-14-27-17)23-12-19-25-24-13-26(19)16-5-3-2-4-6-16;/h2-8,11,13H,9-10,12,14H2,1H3,(H2,21,22,23);1H. The molecule has 0 atom stereocenters. The molecule has 2 heterocycles. The number of halogens is 1. The molecule has 2 N–H and O–H groups in total. The molecular weight excluding hydrogens is 483 g/mol. The summed E-state index contributed by atoms with van der Waals surface area (Å²) in [5.74, 6) is 3.13. The van der Waals surface area contributed by atoms with E-state index in [1.54, 1.807) is 13.4 Å². The zero-order valence-corrected chi connectivity index (χ0v) is 18.4. The number of hydrogen-bond acceptors (Lipinski definition) is 5. The summed E-state index contributed by atoms with van der Waals surface area (Å²) in [6.45, 7) is 1.55. The van der Waals surface area contributed by atoms with Crippen molar-refractivity contribution < 1.29 is 9.47 Å². The molecule has 2 aromatic carbocycles. The number of aliphatic imine (C=N–C) groups is 1. The smallest absolute Gasteiger partial charge is 0.231 e. The van der Waals surface area contributed by atoms with Crippen LogP contribution in [0.5, 0.6) is 11.5 Å². The number of nitrogens with zero attached hydrogens (tertiary/aromatic N) is 4. The fourth-order valence-electron chi connectivity index (χ4n) is 2.99. The number of rotatable bonds is 6. The van der Waals surface area contributed by atoms with Gasteiger partial charge in [-0.15, -0.1) is 34.2 Å². The lowest BCUT2D eigenvalue weighted by Gasteiger charge is -2.12. The van der Waals surface area contributed by atoms with E-state index in [1.165, 1.54) is 5.56 Å². The molecule has 0 radical (unpaired) electrons. The fourth-order valence-corrected chi connectivity index (χ4v) is 2.99. The highest BCUT2D eigenvalue weighted by molar-refractivity contribution is 14.0. The van der Waals surface area contributed by atoms with Gasteiger partial charge in [0.1, 0.15) is 6.33 Å². The lowest BCUT2D eigenvalue weighted by atomic mass is 10.1. The van der Waals surface area contributed by atoms with Crippen LogP contribution >= 0.6 is 24.0 Å². The molecule has 152 valence electrons. The molecular formula is C20H23IN6O2. The topological polar surface area (TPSA) is 85.6 Å². The van der Waals surface area contributed by atoms with Gasteiger partial charge in [0.05, 0.1) is 6.54 Å². The van der Waals surface area contributed by atoms with Crippen molar-refractivity contribution in [3.8, 4) is 17.2 Å². The van der Waals surface area contributed by atoms with Gasteiger partial charge >= 0.3 is 0 Å². The van der Waals surface area contributed by atoms with Crippen LogP contribution in [0.2, 0.25) is 0 Å². The molecule has 0 saturated carbocycles. The molecule has 1 aliphatic rings. The lowest BCUT2D eigenvalue weighted by Crippen LogP contribution is -2.38. The van der Waals surface area contributed by atoms with Crippen molar-refractivity contribution >= 4 is 29.9 Å². The normalized spacial score (nSPS) is 12.4. The van der Waals surface area contributed by atoms with Crippen molar-refractivity contribution in [1.82, 2.24) is 25.4 Å². The number of ether oxygens (including phenoxy) is 2. The number of nitrogens with one attached hydrogen (secondary N) is 2. The Balaban J connectivity index is 0.00000240. The van der Waals surface area contributed by atoms with Crippen LogP contribution in [-0.2, 0) is 13.0 Å². The molecule has 9 heteroatoms. The van der Waals surface area contributed by atoms with Crippen molar-refractivity contribution in [2.45, 2.75) is 13.0 Å². The van der Waals surface area contributed by atoms with Crippen molar-refractivity contribution in [1.29, 1.82) is 0 Å². The van der Waals surface area contributed by atoms with E-state index in [0.717, 1.165) is 36.0 Å². The van der Waals surface area contributed by atoms with Crippen LogP contribution in [0.4, 0.5) is 0 Å². The van der Waals surface area contributed by atoms with Gasteiger partial charge in [0.15, 0.2) is 23.3 Å². The maximum Gasteiger partial charge on any atom is 0.231 e. The van der Waals surface area contributed by atoms with Crippen molar-refractivity contribution in [2.24, 2.45) is 4.99 Å². The van der Waals surface area contributed by atoms with Gasteiger partial charge in [-0.2, -0.15) is 0 Å². The third-order valence-corrected chi connectivity index (χ3v) is 4.43. The number of fused-ring (bicyclic) bond motifs is 1. The Bertz CT molecular complexity index is 961. The lowest BCUT2D eigenvalue weighted by molar-refractivity contribution is 0.174. The first-order chi connectivity index (χ1) is 13.8. The Morgan fingerprint density at radius 2 is 1.93 bits per heavy atom. The van der Waals surface area contributed by atoms with Gasteiger partial charge in [-0.1, -0.05) is 24.3 Å². The van der Waals surface area contributed by atoms with Crippen molar-refractivity contribution in [3.05, 3.63) is 66.2 Å². The van der Waals surface area contributed by atoms with E-state index in [4.69, 9.17) is 9.47 Å². The molecule has 1 aromatic heterocycles. The van der Waals surface area contributed by atoms with Gasteiger partial charge < -0.3 is 20.1 Å². The third kappa shape index (κ3) is 5.17. The molecule has 8 nitrogen and oxygen atoms in total. The number of para-hydroxylation sites is 1. The summed E-state index contributed by atoms with van der Waals surface area (Å²) >= 11 is 0. The molecule has 0 spiro atoms. The summed E-state index contributed by atoms with van der Waals surface area (Å²) in [6.07, 6.45) is 2.56. The SMILES string of the molecule is CN=C(NCCc1ccc2c(c1)OCO2)NCc1nncn1-c1ccccc1.I. The molecule has 29 heavy (non-hydrogen) atoms. The highest BCUT2D eigenvalue weighted by atomic mass is 127. The van der Waals surface area contributed by atoms with E-state index in [0.29, 0.717) is 19.3 Å². The number of aromatic nitrogens is 3. The molecule has 0 aliphatic carbocycles. The van der Waals surface area contributed by atoms with Gasteiger partial charge in [-0.3, -0.25) is 9.56 Å². The minimum Gasteiger partial charge on any atom is -0.454 e. The fraction of sp³-hybridized carbons (Fsp3) is 0.250. The quantitative estimate of drug-likeness (QED) is 0.304. The molecule has 0 saturated heterocycles. The molecule has 0 unspecified atom stereocenters. The van der Waals surface area contributed by atoms with E-state index >= 15 is 0 Å². The molecule has 3 aromatic rings. The number of guanidine groups is 1. The highest BCUT2D eigenvalue weighted by Gasteiger charge is 2.13. The van der Waals surface area contributed by atoms with Crippen molar-refractivity contribution in [3.63, 3.8) is 0 Å². The van der Waals surface area contributed by atoms with E-state index in [1.807, 2.05) is 53.1 Å². The second kappa shape index (κ2) is 10.1. The Morgan fingerprint density at radius 1 is 1.10 bits per heavy atom. The summed E-state index contributed by atoms with van der Waals surface area (Å²) < 4.78 is 12.7. The van der Waals surface area contributed by atoms with Crippen LogP contribution in [0.15, 0.2) is 59.9 Å². The predicted octanol–water partition coefficient (Wildman–Crippen LogP) is 2.52. The van der Waals surface area contributed by atoms with E-state index < -0.39 is 0 Å². The summed E-state index contributed by atoms with van der Waals surface area (Å²) in [5, 5.41) is 14.8. The van der Waals surface area contributed by atoms with Gasteiger partial charge in [-0.25, -0.2) is 0 Å². The molecule has 0 fully saturated rings. The Morgan fingerprint density at radius 3 is 2.76 bits per heavy atom. The number of hydrogen-bond donors (Lipinski definition) is 2. The number of benzene rings is 2. The minimum absolute atomic E-state index is 0. The summed E-state index contributed by atoms with van der Waals surface area (Å²) in [6, 6.07) is 16.0. The van der Waals surface area contributed by atoms with E-state index in [9.17, 15) is 0 Å². The molecule has 0 amide bonds. The summed E-state index contributed by atoms with van der Waals surface area (Å²) in [4.78, 5) is 4.27. The minimum atomic E-state index is 0. The van der Waals surface area contributed by atoms with Crippen LogP contribution in [0.3, 0.4) is 0 Å². The second-order valence-corrected chi connectivity index (χ2v) is 6.24. The first kappa shape index (κ1) is 20.9. The largest absolute Gasteiger partial charge is 0.454 e. The van der Waals surface area contributed by atoms with E-state index in [-0.39, 0.29) is 24.0 Å². The maximum atomic E-state index is 5.42. The van der Waals surface area contributed by atoms with Gasteiger partial charge in [0, 0.05) is 19.3 Å². The van der Waals surface area contributed by atoms with Crippen LogP contribution in [0.1, 0.15) is 11.4 Å². The highest BCUT2D eigenvalue weighted by Crippen LogP contribution is 2.32. The Kier molecular flexibility index (Phi) is 7.28. The molecule has 0 bridgehead atoms. The van der Waals surface area contributed by atoms with Crippen LogP contribution < -0.4 is 20.1 Å². The molecule has 4 rings (SSSR count). The van der Waals surface area contributed by atoms with Gasteiger partial charge in [-0.05, 0) is 36.2 Å². The second-order valence-electron chi connectivity index (χ2n) is 6.24. The average Bonchev–Trinajstić information content (AvgIpc) is 3.40. The van der Waals surface area contributed by atoms with Crippen molar-refractivity contribution in [2.75, 3.05) is 20.4 Å². The Labute approximate surface area is 186 Å². The first-order valence-corrected chi connectivity index (χ1v) is 9.11. The predicted molar refractivity (Wildman–Crippen MR) is 121 cm³/mol. The van der Waals surface area contributed by atoms with Crippen LogP contribution in [0.25, 0.3) is 5.69 Å². The third-order valence-electron chi connectivity index (χ3n) is 4.43. The first-order valence-electron chi connectivity index (χ1n) is 9.11. The summed E-state index contributed by atoms with van der Waals surface area (Å²) in [5.41, 5.74) is 2.20. The molecule has 1 aliphatic heterocycles. The Hall–Kier alpha value is -2.82. The zero-order chi connectivity index (χ0) is 19.2. The average molecular weight is 506 g/mol. The monoisotopic (exact) mass is 506 g/mol. The van der Waals surface area contributed by atoms with Crippen LogP contribution in [0, 0.1) is 0 Å². The van der Waals surface area contributed by atoms with E-state index in [2.05, 4.69) is 25.8 Å². The van der Waals surface area contributed by atoms with Crippen LogP contribution in [-0.4, -0.2) is 41.1 Å².